The second kappa shape index (κ2) is 5.13. The molecular weight excluding hydrogens is 202 g/mol. The summed E-state index contributed by atoms with van der Waals surface area (Å²) in [5.74, 6) is 0. The topological polar surface area (TPSA) is 62.3 Å². The first-order chi connectivity index (χ1) is 7.35. The van der Waals surface area contributed by atoms with Crippen molar-refractivity contribution in [3.63, 3.8) is 0 Å². The molecule has 1 rings (SSSR count). The third kappa shape index (κ3) is 4.48. The highest BCUT2D eigenvalue weighted by Gasteiger charge is 2.27. The van der Waals surface area contributed by atoms with Gasteiger partial charge in [0.05, 0.1) is 18.3 Å². The zero-order valence-electron chi connectivity index (χ0n) is 10.6. The average Bonchev–Trinajstić information content (AvgIpc) is 2.16. The Hall–Kier alpha value is -0.630. The molecule has 1 aliphatic rings. The molecule has 0 spiro atoms. The third-order valence-electron chi connectivity index (χ3n) is 2.93. The van der Waals surface area contributed by atoms with Crippen molar-refractivity contribution < 1.29 is 4.74 Å². The molecular formula is C12H23N3O. The van der Waals surface area contributed by atoms with Gasteiger partial charge in [-0.3, -0.25) is 4.90 Å². The zero-order chi connectivity index (χ0) is 12.2. The van der Waals surface area contributed by atoms with Crippen LogP contribution in [0.5, 0.6) is 0 Å². The lowest BCUT2D eigenvalue weighted by molar-refractivity contribution is -0.0862. The van der Waals surface area contributed by atoms with Crippen molar-refractivity contribution >= 4 is 0 Å². The van der Waals surface area contributed by atoms with E-state index < -0.39 is 5.54 Å². The molecule has 1 fully saturated rings. The van der Waals surface area contributed by atoms with E-state index in [2.05, 4.69) is 24.8 Å². The average molecular weight is 225 g/mol. The Morgan fingerprint density at radius 1 is 1.56 bits per heavy atom. The fourth-order valence-electron chi connectivity index (χ4n) is 2.03. The highest BCUT2D eigenvalue weighted by atomic mass is 16.5. The minimum absolute atomic E-state index is 0.0422. The van der Waals surface area contributed by atoms with Gasteiger partial charge in [0.2, 0.25) is 0 Å². The highest BCUT2D eigenvalue weighted by molar-refractivity contribution is 5.00. The van der Waals surface area contributed by atoms with Gasteiger partial charge in [-0.25, -0.2) is 0 Å². The van der Waals surface area contributed by atoms with Crippen molar-refractivity contribution in [2.45, 2.75) is 44.8 Å². The summed E-state index contributed by atoms with van der Waals surface area (Å²) in [7, 11) is 0. The number of hydrogen-bond acceptors (Lipinski definition) is 4. The van der Waals surface area contributed by atoms with Crippen molar-refractivity contribution in [2.75, 3.05) is 26.2 Å². The van der Waals surface area contributed by atoms with Crippen molar-refractivity contribution in [3.05, 3.63) is 0 Å². The van der Waals surface area contributed by atoms with Crippen LogP contribution in [0.25, 0.3) is 0 Å². The molecule has 1 heterocycles. The van der Waals surface area contributed by atoms with Crippen molar-refractivity contribution in [1.82, 2.24) is 4.90 Å². The van der Waals surface area contributed by atoms with E-state index in [9.17, 15) is 0 Å². The van der Waals surface area contributed by atoms with Crippen LogP contribution in [-0.2, 0) is 4.74 Å². The van der Waals surface area contributed by atoms with Crippen LogP contribution < -0.4 is 5.73 Å². The fourth-order valence-corrected chi connectivity index (χ4v) is 2.03. The molecule has 0 radical (unpaired) electrons. The molecule has 2 N–H and O–H groups in total. The number of hydrogen-bond donors (Lipinski definition) is 1. The Morgan fingerprint density at radius 2 is 2.25 bits per heavy atom. The van der Waals surface area contributed by atoms with Crippen LogP contribution in [-0.4, -0.2) is 42.3 Å². The second-order valence-electron chi connectivity index (χ2n) is 5.52. The lowest BCUT2D eigenvalue weighted by atomic mass is 9.99. The Morgan fingerprint density at radius 3 is 2.81 bits per heavy atom. The Kier molecular flexibility index (Phi) is 4.31. The number of nitriles is 1. The maximum absolute atomic E-state index is 8.81. The first-order valence-electron chi connectivity index (χ1n) is 5.91. The van der Waals surface area contributed by atoms with Gasteiger partial charge in [-0.2, -0.15) is 5.26 Å². The summed E-state index contributed by atoms with van der Waals surface area (Å²) in [5, 5.41) is 8.81. The van der Waals surface area contributed by atoms with Gasteiger partial charge < -0.3 is 10.5 Å². The largest absolute Gasteiger partial charge is 0.373 e. The minimum atomic E-state index is -0.679. The molecule has 1 aliphatic heterocycles. The summed E-state index contributed by atoms with van der Waals surface area (Å²) < 4.78 is 5.65. The number of nitrogens with zero attached hydrogens (tertiary/aromatic N) is 2. The van der Waals surface area contributed by atoms with Crippen molar-refractivity contribution in [2.24, 2.45) is 5.73 Å². The molecule has 0 bridgehead atoms. The van der Waals surface area contributed by atoms with Crippen molar-refractivity contribution in [3.8, 4) is 6.07 Å². The molecule has 92 valence electrons. The summed E-state index contributed by atoms with van der Waals surface area (Å²) in [6, 6.07) is 2.13. The van der Waals surface area contributed by atoms with E-state index in [-0.39, 0.29) is 5.60 Å². The third-order valence-corrected chi connectivity index (χ3v) is 2.93. The van der Waals surface area contributed by atoms with Crippen LogP contribution >= 0.6 is 0 Å². The summed E-state index contributed by atoms with van der Waals surface area (Å²) in [6.07, 6.45) is 1.72. The Bertz CT molecular complexity index is 268. The fraction of sp³-hybridized carbons (Fsp3) is 0.917. The molecule has 0 amide bonds. The van der Waals surface area contributed by atoms with E-state index in [1.165, 1.54) is 0 Å². The lowest BCUT2D eigenvalue weighted by Gasteiger charge is -2.38. The first-order valence-corrected chi connectivity index (χ1v) is 5.91. The first kappa shape index (κ1) is 13.4. The van der Waals surface area contributed by atoms with Gasteiger partial charge in [0.15, 0.2) is 0 Å². The maximum Gasteiger partial charge on any atom is 0.101 e. The SMILES string of the molecule is CC(N)(C#N)CCCN1CCOC(C)(C)C1. The van der Waals surface area contributed by atoms with E-state index in [0.29, 0.717) is 0 Å². The monoisotopic (exact) mass is 225 g/mol. The highest BCUT2D eigenvalue weighted by Crippen LogP contribution is 2.17. The van der Waals surface area contributed by atoms with Gasteiger partial charge in [0, 0.05) is 13.1 Å². The molecule has 1 unspecified atom stereocenters. The van der Waals surface area contributed by atoms with Crippen molar-refractivity contribution in [1.29, 1.82) is 5.26 Å². The normalized spacial score (nSPS) is 24.7. The number of ether oxygens (including phenoxy) is 1. The standard InChI is InChI=1S/C12H23N3O/c1-11(2)10-15(7-8-16-11)6-4-5-12(3,14)9-13/h4-8,10,14H2,1-3H3. The van der Waals surface area contributed by atoms with E-state index in [1.54, 1.807) is 6.92 Å². The molecule has 0 aromatic carbocycles. The van der Waals surface area contributed by atoms with Gasteiger partial charge in [-0.05, 0) is 40.2 Å². The van der Waals surface area contributed by atoms with Gasteiger partial charge in [-0.15, -0.1) is 0 Å². The molecule has 0 saturated carbocycles. The predicted octanol–water partition coefficient (Wildman–Crippen LogP) is 1.12. The molecule has 1 atom stereocenters. The second-order valence-corrected chi connectivity index (χ2v) is 5.52. The Labute approximate surface area is 98.4 Å². The van der Waals surface area contributed by atoms with E-state index in [1.807, 2.05) is 0 Å². The van der Waals surface area contributed by atoms with Crippen LogP contribution in [0.15, 0.2) is 0 Å². The molecule has 4 nitrogen and oxygen atoms in total. The smallest absolute Gasteiger partial charge is 0.101 e. The summed E-state index contributed by atoms with van der Waals surface area (Å²) in [6.45, 7) is 9.75. The summed E-state index contributed by atoms with van der Waals surface area (Å²) in [4.78, 5) is 2.39. The van der Waals surface area contributed by atoms with E-state index >= 15 is 0 Å². The lowest BCUT2D eigenvalue weighted by Crippen LogP contribution is -2.48. The van der Waals surface area contributed by atoms with Gasteiger partial charge >= 0.3 is 0 Å². The van der Waals surface area contributed by atoms with E-state index in [4.69, 9.17) is 15.7 Å². The summed E-state index contributed by atoms with van der Waals surface area (Å²) >= 11 is 0. The van der Waals surface area contributed by atoms with E-state index in [0.717, 1.165) is 39.1 Å². The zero-order valence-corrected chi connectivity index (χ0v) is 10.6. The summed E-state index contributed by atoms with van der Waals surface area (Å²) in [5.41, 5.74) is 5.06. The quantitative estimate of drug-likeness (QED) is 0.778. The molecule has 0 aliphatic carbocycles. The van der Waals surface area contributed by atoms with Crippen LogP contribution in [0.3, 0.4) is 0 Å². The number of nitrogens with two attached hydrogens (primary N) is 1. The molecule has 0 aromatic heterocycles. The molecule has 1 saturated heterocycles. The number of morpholine rings is 1. The molecule has 0 aromatic rings. The minimum Gasteiger partial charge on any atom is -0.373 e. The predicted molar refractivity (Wildman–Crippen MR) is 63.9 cm³/mol. The van der Waals surface area contributed by atoms with Crippen LogP contribution in [0.4, 0.5) is 0 Å². The van der Waals surface area contributed by atoms with Gasteiger partial charge in [-0.1, -0.05) is 0 Å². The van der Waals surface area contributed by atoms with Gasteiger partial charge in [0.1, 0.15) is 5.54 Å². The number of rotatable bonds is 4. The maximum atomic E-state index is 8.81. The van der Waals surface area contributed by atoms with Crippen LogP contribution in [0.2, 0.25) is 0 Å². The molecule has 4 heteroatoms. The molecule has 16 heavy (non-hydrogen) atoms. The Balaban J connectivity index is 2.26. The van der Waals surface area contributed by atoms with Crippen LogP contribution in [0.1, 0.15) is 33.6 Å². The van der Waals surface area contributed by atoms with Crippen LogP contribution in [0, 0.1) is 11.3 Å². The van der Waals surface area contributed by atoms with Gasteiger partial charge in [0.25, 0.3) is 0 Å².